The van der Waals surface area contributed by atoms with E-state index in [4.69, 9.17) is 4.74 Å². The first-order chi connectivity index (χ1) is 12.0. The molecule has 0 N–H and O–H groups in total. The van der Waals surface area contributed by atoms with Crippen molar-refractivity contribution in [3.05, 3.63) is 57.9 Å². The number of nitrogens with zero attached hydrogens (tertiary/aromatic N) is 2. The highest BCUT2D eigenvalue weighted by atomic mass is 32.1. The van der Waals surface area contributed by atoms with Crippen molar-refractivity contribution in [2.24, 2.45) is 12.0 Å². The number of thiazole rings is 1. The highest BCUT2D eigenvalue weighted by Crippen LogP contribution is 2.20. The number of hydrogen-bond donors (Lipinski definition) is 0. The monoisotopic (exact) mass is 354 g/mol. The molecule has 0 saturated carbocycles. The summed E-state index contributed by atoms with van der Waals surface area (Å²) in [6.45, 7) is 4.11. The van der Waals surface area contributed by atoms with Gasteiger partial charge in [-0.05, 0) is 48.2 Å². The quantitative estimate of drug-likeness (QED) is 0.715. The van der Waals surface area contributed by atoms with Crippen molar-refractivity contribution in [3.8, 4) is 5.75 Å². The lowest BCUT2D eigenvalue weighted by molar-refractivity contribution is -0.117. The molecule has 25 heavy (non-hydrogen) atoms. The highest BCUT2D eigenvalue weighted by Gasteiger charge is 2.08. The van der Waals surface area contributed by atoms with Gasteiger partial charge in [0.15, 0.2) is 4.80 Å². The van der Waals surface area contributed by atoms with Crippen molar-refractivity contribution in [2.45, 2.75) is 26.7 Å². The Morgan fingerprint density at radius 1 is 1.20 bits per heavy atom. The molecule has 2 aromatic carbocycles. The lowest BCUT2D eigenvalue weighted by atomic mass is 10.1. The Balaban J connectivity index is 1.89. The van der Waals surface area contributed by atoms with Gasteiger partial charge in [0.1, 0.15) is 5.75 Å². The van der Waals surface area contributed by atoms with Crippen LogP contribution < -0.4 is 9.54 Å². The van der Waals surface area contributed by atoms with Crippen molar-refractivity contribution < 1.29 is 9.53 Å². The van der Waals surface area contributed by atoms with Crippen LogP contribution in [0.2, 0.25) is 0 Å². The Kier molecular flexibility index (Phi) is 5.04. The number of fused-ring (bicyclic) bond motifs is 1. The van der Waals surface area contributed by atoms with E-state index in [0.29, 0.717) is 6.42 Å². The maximum atomic E-state index is 12.4. The molecule has 1 aromatic heterocycles. The summed E-state index contributed by atoms with van der Waals surface area (Å²) in [5, 5.41) is 0. The van der Waals surface area contributed by atoms with Gasteiger partial charge in [-0.1, -0.05) is 36.5 Å². The summed E-state index contributed by atoms with van der Waals surface area (Å²) in [5.41, 5.74) is 4.37. The zero-order chi connectivity index (χ0) is 18.0. The summed E-state index contributed by atoms with van der Waals surface area (Å²) in [5.74, 6) is 0.693. The van der Waals surface area contributed by atoms with Crippen molar-refractivity contribution in [1.29, 1.82) is 0 Å². The number of benzene rings is 2. The molecule has 0 unspecified atom stereocenters. The predicted octanol–water partition coefficient (Wildman–Crippen LogP) is 3.79. The SMILES string of the molecule is CCc1ccc2c(c1)sc(=NC(=O)Cc1ccc(OC)c(C)c1)n2C. The predicted molar refractivity (Wildman–Crippen MR) is 102 cm³/mol. The van der Waals surface area contributed by atoms with Gasteiger partial charge < -0.3 is 9.30 Å². The Morgan fingerprint density at radius 2 is 1.96 bits per heavy atom. The molecule has 0 aliphatic carbocycles. The topological polar surface area (TPSA) is 43.6 Å². The first-order valence-electron chi connectivity index (χ1n) is 8.31. The first kappa shape index (κ1) is 17.4. The molecule has 0 fully saturated rings. The Morgan fingerprint density at radius 3 is 2.64 bits per heavy atom. The highest BCUT2D eigenvalue weighted by molar-refractivity contribution is 7.16. The summed E-state index contributed by atoms with van der Waals surface area (Å²) in [4.78, 5) is 17.5. The fraction of sp³-hybridized carbons (Fsp3) is 0.300. The summed E-state index contributed by atoms with van der Waals surface area (Å²) in [7, 11) is 3.60. The van der Waals surface area contributed by atoms with Gasteiger partial charge in [-0.15, -0.1) is 0 Å². The summed E-state index contributed by atoms with van der Waals surface area (Å²) >= 11 is 1.56. The van der Waals surface area contributed by atoms with Crippen molar-refractivity contribution >= 4 is 27.5 Å². The summed E-state index contributed by atoms with van der Waals surface area (Å²) in [6, 6.07) is 12.2. The fourth-order valence-electron chi connectivity index (χ4n) is 2.88. The zero-order valence-electron chi connectivity index (χ0n) is 15.0. The standard InChI is InChI=1S/C20H22N2O2S/c1-5-14-6-8-16-18(11-14)25-20(22(16)3)21-19(23)12-15-7-9-17(24-4)13(2)10-15/h6-11H,5,12H2,1-4H3. The third-order valence-corrected chi connectivity index (χ3v) is 5.41. The van der Waals surface area contributed by atoms with Gasteiger partial charge in [0.05, 0.1) is 23.7 Å². The van der Waals surface area contributed by atoms with Crippen LogP contribution in [0.1, 0.15) is 23.6 Å². The van der Waals surface area contributed by atoms with Gasteiger partial charge >= 0.3 is 0 Å². The number of aryl methyl sites for hydroxylation is 3. The number of amides is 1. The average molecular weight is 354 g/mol. The van der Waals surface area contributed by atoms with Crippen LogP contribution in [0.3, 0.4) is 0 Å². The normalized spacial score (nSPS) is 11.9. The van der Waals surface area contributed by atoms with Crippen LogP contribution in [0, 0.1) is 6.92 Å². The summed E-state index contributed by atoms with van der Waals surface area (Å²) < 4.78 is 8.40. The number of methoxy groups -OCH3 is 1. The van der Waals surface area contributed by atoms with Gasteiger partial charge in [-0.3, -0.25) is 4.79 Å². The molecule has 4 nitrogen and oxygen atoms in total. The van der Waals surface area contributed by atoms with E-state index in [1.54, 1.807) is 18.4 Å². The van der Waals surface area contributed by atoms with E-state index in [2.05, 4.69) is 30.1 Å². The van der Waals surface area contributed by atoms with E-state index in [0.717, 1.165) is 38.3 Å². The largest absolute Gasteiger partial charge is 0.496 e. The van der Waals surface area contributed by atoms with Gasteiger partial charge in [0, 0.05) is 7.05 Å². The number of hydrogen-bond acceptors (Lipinski definition) is 3. The number of rotatable bonds is 4. The van der Waals surface area contributed by atoms with Crippen LogP contribution in [0.4, 0.5) is 0 Å². The van der Waals surface area contributed by atoms with Gasteiger partial charge in [0.2, 0.25) is 0 Å². The van der Waals surface area contributed by atoms with E-state index in [-0.39, 0.29) is 5.91 Å². The molecule has 0 radical (unpaired) electrons. The molecule has 0 atom stereocenters. The third-order valence-electron chi connectivity index (χ3n) is 4.32. The van der Waals surface area contributed by atoms with Crippen molar-refractivity contribution in [3.63, 3.8) is 0 Å². The fourth-order valence-corrected chi connectivity index (χ4v) is 3.98. The molecule has 0 spiro atoms. The minimum atomic E-state index is -0.137. The van der Waals surface area contributed by atoms with Gasteiger partial charge in [-0.25, -0.2) is 0 Å². The Bertz CT molecular complexity index is 999. The van der Waals surface area contributed by atoms with Crippen LogP contribution in [-0.4, -0.2) is 17.6 Å². The van der Waals surface area contributed by atoms with E-state index < -0.39 is 0 Å². The number of carbonyl (C=O) groups excluding carboxylic acids is 1. The van der Waals surface area contributed by atoms with Crippen LogP contribution in [0.5, 0.6) is 5.75 Å². The summed E-state index contributed by atoms with van der Waals surface area (Å²) in [6.07, 6.45) is 1.29. The van der Waals surface area contributed by atoms with Crippen molar-refractivity contribution in [2.75, 3.05) is 7.11 Å². The number of aromatic nitrogens is 1. The zero-order valence-corrected chi connectivity index (χ0v) is 15.8. The minimum absolute atomic E-state index is 0.137. The molecule has 0 aliphatic rings. The maximum Gasteiger partial charge on any atom is 0.252 e. The molecule has 3 aromatic rings. The van der Waals surface area contributed by atoms with E-state index >= 15 is 0 Å². The average Bonchev–Trinajstić information content (AvgIpc) is 2.90. The second-order valence-corrected chi connectivity index (χ2v) is 7.09. The molecule has 130 valence electrons. The van der Waals surface area contributed by atoms with E-state index in [1.165, 1.54) is 5.56 Å². The molecule has 1 amide bonds. The molecule has 0 aliphatic heterocycles. The van der Waals surface area contributed by atoms with E-state index in [9.17, 15) is 4.79 Å². The first-order valence-corrected chi connectivity index (χ1v) is 9.13. The Labute approximate surface area is 151 Å². The number of carbonyl (C=O) groups is 1. The minimum Gasteiger partial charge on any atom is -0.496 e. The van der Waals surface area contributed by atoms with E-state index in [1.807, 2.05) is 36.7 Å². The molecule has 5 heteroatoms. The van der Waals surface area contributed by atoms with Crippen LogP contribution in [0.25, 0.3) is 10.2 Å². The van der Waals surface area contributed by atoms with Crippen LogP contribution in [0.15, 0.2) is 41.4 Å². The molecule has 0 saturated heterocycles. The van der Waals surface area contributed by atoms with Gasteiger partial charge in [-0.2, -0.15) is 4.99 Å². The molecule has 3 rings (SSSR count). The molecular formula is C20H22N2O2S. The second kappa shape index (κ2) is 7.23. The van der Waals surface area contributed by atoms with Crippen LogP contribution >= 0.6 is 11.3 Å². The number of ether oxygens (including phenoxy) is 1. The lowest BCUT2D eigenvalue weighted by Crippen LogP contribution is -2.14. The van der Waals surface area contributed by atoms with Crippen molar-refractivity contribution in [1.82, 2.24) is 4.57 Å². The van der Waals surface area contributed by atoms with Crippen LogP contribution in [-0.2, 0) is 24.7 Å². The van der Waals surface area contributed by atoms with Gasteiger partial charge in [0.25, 0.3) is 5.91 Å². The molecule has 1 heterocycles. The second-order valence-electron chi connectivity index (χ2n) is 6.09. The molecule has 0 bridgehead atoms. The molecular weight excluding hydrogens is 332 g/mol. The Hall–Kier alpha value is -2.40. The lowest BCUT2D eigenvalue weighted by Gasteiger charge is -2.05. The maximum absolute atomic E-state index is 12.4. The third kappa shape index (κ3) is 3.66. The smallest absolute Gasteiger partial charge is 0.252 e.